The van der Waals surface area contributed by atoms with E-state index in [9.17, 15) is 4.39 Å². The molecule has 2 heterocycles. The zero-order valence-corrected chi connectivity index (χ0v) is 8.65. The molecule has 1 aromatic heterocycles. The minimum Gasteiger partial charge on any atom is -0.299 e. The topological polar surface area (TPSA) is 16.1 Å². The molecule has 2 aliphatic rings. The van der Waals surface area contributed by atoms with E-state index >= 15 is 0 Å². The number of aromatic nitrogens is 1. The van der Waals surface area contributed by atoms with Gasteiger partial charge in [0.05, 0.1) is 11.9 Å². The standard InChI is InChI=1S/C12H13FN2/c1-15-7-8-4-10(15)5-11(8)12-3-2-9(13)6-14-12/h2-3,5-6,8,10H,4,7H2,1H3/t8-,10-/m1/s1. The molecule has 78 valence electrons. The van der Waals surface area contributed by atoms with Crippen LogP contribution in [0, 0.1) is 11.7 Å². The maximum atomic E-state index is 12.7. The summed E-state index contributed by atoms with van der Waals surface area (Å²) in [6.45, 7) is 1.11. The van der Waals surface area contributed by atoms with E-state index in [1.807, 2.05) is 0 Å². The number of pyridine rings is 1. The lowest BCUT2D eigenvalue weighted by Gasteiger charge is -2.20. The van der Waals surface area contributed by atoms with E-state index in [0.29, 0.717) is 12.0 Å². The van der Waals surface area contributed by atoms with Crippen LogP contribution in [-0.2, 0) is 0 Å². The molecule has 0 N–H and O–H groups in total. The van der Waals surface area contributed by atoms with Crippen LogP contribution in [0.25, 0.3) is 5.57 Å². The van der Waals surface area contributed by atoms with E-state index in [1.165, 1.54) is 24.3 Å². The van der Waals surface area contributed by atoms with Gasteiger partial charge in [0.1, 0.15) is 5.82 Å². The van der Waals surface area contributed by atoms with Crippen LogP contribution in [-0.4, -0.2) is 29.5 Å². The van der Waals surface area contributed by atoms with Crippen molar-refractivity contribution in [3.63, 3.8) is 0 Å². The van der Waals surface area contributed by atoms with Gasteiger partial charge in [-0.1, -0.05) is 6.08 Å². The minimum absolute atomic E-state index is 0.264. The number of likely N-dealkylation sites (tertiary alicyclic amines) is 1. The monoisotopic (exact) mass is 204 g/mol. The second-order valence-electron chi connectivity index (χ2n) is 4.42. The number of nitrogens with zero attached hydrogens (tertiary/aromatic N) is 2. The van der Waals surface area contributed by atoms with Gasteiger partial charge < -0.3 is 0 Å². The van der Waals surface area contributed by atoms with E-state index in [-0.39, 0.29) is 5.82 Å². The van der Waals surface area contributed by atoms with Crippen LogP contribution in [0.3, 0.4) is 0 Å². The Hall–Kier alpha value is -1.22. The van der Waals surface area contributed by atoms with Crippen molar-refractivity contribution in [1.29, 1.82) is 0 Å². The Morgan fingerprint density at radius 3 is 2.87 bits per heavy atom. The maximum absolute atomic E-state index is 12.7. The fourth-order valence-corrected chi connectivity index (χ4v) is 2.63. The highest BCUT2D eigenvalue weighted by atomic mass is 19.1. The Morgan fingerprint density at radius 2 is 2.33 bits per heavy atom. The molecule has 0 aromatic carbocycles. The summed E-state index contributed by atoms with van der Waals surface area (Å²) < 4.78 is 12.7. The first kappa shape index (κ1) is 9.04. The van der Waals surface area contributed by atoms with Crippen LogP contribution < -0.4 is 0 Å². The quantitative estimate of drug-likeness (QED) is 0.695. The van der Waals surface area contributed by atoms with Gasteiger partial charge in [-0.05, 0) is 31.2 Å². The number of halogens is 1. The van der Waals surface area contributed by atoms with E-state index < -0.39 is 0 Å². The van der Waals surface area contributed by atoms with Crippen LogP contribution >= 0.6 is 0 Å². The van der Waals surface area contributed by atoms with Gasteiger partial charge in [-0.25, -0.2) is 4.39 Å². The predicted octanol–water partition coefficient (Wildman–Crippen LogP) is 1.94. The van der Waals surface area contributed by atoms with Crippen molar-refractivity contribution in [2.75, 3.05) is 13.6 Å². The zero-order chi connectivity index (χ0) is 10.4. The number of hydrogen-bond donors (Lipinski definition) is 0. The van der Waals surface area contributed by atoms with Crippen molar-refractivity contribution >= 4 is 5.57 Å². The Balaban J connectivity index is 1.94. The molecule has 3 rings (SSSR count). The molecule has 0 radical (unpaired) electrons. The molecule has 1 aromatic rings. The number of fused-ring (bicyclic) bond motifs is 2. The third-order valence-corrected chi connectivity index (χ3v) is 3.44. The van der Waals surface area contributed by atoms with Crippen molar-refractivity contribution in [3.8, 4) is 0 Å². The summed E-state index contributed by atoms with van der Waals surface area (Å²) in [5.74, 6) is 0.331. The van der Waals surface area contributed by atoms with Crippen molar-refractivity contribution in [2.45, 2.75) is 12.5 Å². The molecular formula is C12H13FN2. The van der Waals surface area contributed by atoms with Gasteiger partial charge in [0.15, 0.2) is 0 Å². The molecule has 0 saturated carbocycles. The van der Waals surface area contributed by atoms with Crippen LogP contribution in [0.1, 0.15) is 12.1 Å². The largest absolute Gasteiger partial charge is 0.299 e. The van der Waals surface area contributed by atoms with E-state index in [0.717, 1.165) is 12.2 Å². The van der Waals surface area contributed by atoms with Crippen molar-refractivity contribution < 1.29 is 4.39 Å². The second kappa shape index (κ2) is 3.14. The lowest BCUT2D eigenvalue weighted by Crippen LogP contribution is -2.26. The van der Waals surface area contributed by atoms with Gasteiger partial charge in [-0.15, -0.1) is 0 Å². The molecule has 2 nitrogen and oxygen atoms in total. The highest BCUT2D eigenvalue weighted by Gasteiger charge is 2.37. The van der Waals surface area contributed by atoms with Gasteiger partial charge >= 0.3 is 0 Å². The summed E-state index contributed by atoms with van der Waals surface area (Å²) in [6.07, 6.45) is 4.77. The molecule has 0 amide bonds. The summed E-state index contributed by atoms with van der Waals surface area (Å²) in [5.41, 5.74) is 2.25. The molecule has 1 aliphatic heterocycles. The molecule has 1 aliphatic carbocycles. The normalized spacial score (nSPS) is 29.6. The van der Waals surface area contributed by atoms with Gasteiger partial charge in [0.25, 0.3) is 0 Å². The fraction of sp³-hybridized carbons (Fsp3) is 0.417. The van der Waals surface area contributed by atoms with Gasteiger partial charge in [-0.2, -0.15) is 0 Å². The molecule has 15 heavy (non-hydrogen) atoms. The predicted molar refractivity (Wildman–Crippen MR) is 56.7 cm³/mol. The van der Waals surface area contributed by atoms with Gasteiger partial charge in [0.2, 0.25) is 0 Å². The lowest BCUT2D eigenvalue weighted by molar-refractivity contribution is 0.347. The number of rotatable bonds is 1. The average molecular weight is 204 g/mol. The summed E-state index contributed by atoms with van der Waals surface area (Å²) in [5, 5.41) is 0. The minimum atomic E-state index is -0.264. The van der Waals surface area contributed by atoms with Crippen LogP contribution in [0.4, 0.5) is 4.39 Å². The van der Waals surface area contributed by atoms with Gasteiger partial charge in [-0.3, -0.25) is 9.88 Å². The summed E-state index contributed by atoms with van der Waals surface area (Å²) in [6, 6.07) is 3.83. The summed E-state index contributed by atoms with van der Waals surface area (Å²) in [4.78, 5) is 6.50. The third kappa shape index (κ3) is 1.38. The van der Waals surface area contributed by atoms with Crippen LogP contribution in [0.5, 0.6) is 0 Å². The van der Waals surface area contributed by atoms with Crippen molar-refractivity contribution in [2.24, 2.45) is 5.92 Å². The molecule has 3 heteroatoms. The maximum Gasteiger partial charge on any atom is 0.141 e. The number of likely N-dealkylation sites (N-methyl/N-ethyl adjacent to an activating group) is 1. The van der Waals surface area contributed by atoms with Crippen LogP contribution in [0.2, 0.25) is 0 Å². The highest BCUT2D eigenvalue weighted by molar-refractivity contribution is 5.69. The smallest absolute Gasteiger partial charge is 0.141 e. The Morgan fingerprint density at radius 1 is 1.47 bits per heavy atom. The second-order valence-corrected chi connectivity index (χ2v) is 4.42. The van der Waals surface area contributed by atoms with Gasteiger partial charge in [0, 0.05) is 18.5 Å². The van der Waals surface area contributed by atoms with E-state index in [4.69, 9.17) is 0 Å². The zero-order valence-electron chi connectivity index (χ0n) is 8.65. The molecular weight excluding hydrogens is 191 g/mol. The molecule has 0 spiro atoms. The highest BCUT2D eigenvalue weighted by Crippen LogP contribution is 2.40. The first-order valence-corrected chi connectivity index (χ1v) is 5.28. The average Bonchev–Trinajstić information content (AvgIpc) is 2.77. The Kier molecular flexibility index (Phi) is 1.89. The summed E-state index contributed by atoms with van der Waals surface area (Å²) >= 11 is 0. The van der Waals surface area contributed by atoms with Crippen LogP contribution in [0.15, 0.2) is 24.4 Å². The number of hydrogen-bond acceptors (Lipinski definition) is 2. The molecule has 1 fully saturated rings. The first-order chi connectivity index (χ1) is 7.24. The molecule has 2 bridgehead atoms. The Labute approximate surface area is 88.4 Å². The third-order valence-electron chi connectivity index (χ3n) is 3.44. The fourth-order valence-electron chi connectivity index (χ4n) is 2.63. The molecule has 0 unspecified atom stereocenters. The molecule has 1 saturated heterocycles. The SMILES string of the molecule is CN1C[C@H]2C[C@@H]1C=C2c1ccc(F)cn1. The first-order valence-electron chi connectivity index (χ1n) is 5.28. The lowest BCUT2D eigenvalue weighted by atomic mass is 9.99. The van der Waals surface area contributed by atoms with Crippen molar-refractivity contribution in [1.82, 2.24) is 9.88 Å². The summed E-state index contributed by atoms with van der Waals surface area (Å²) in [7, 11) is 2.15. The molecule has 2 atom stereocenters. The Bertz CT molecular complexity index is 410. The van der Waals surface area contributed by atoms with E-state index in [1.54, 1.807) is 6.07 Å². The van der Waals surface area contributed by atoms with Crippen molar-refractivity contribution in [3.05, 3.63) is 35.9 Å². The van der Waals surface area contributed by atoms with E-state index in [2.05, 4.69) is 23.0 Å².